The van der Waals surface area contributed by atoms with Crippen molar-refractivity contribution in [3.8, 4) is 0 Å². The molecule has 1 aromatic carbocycles. The molecule has 2 nitrogen and oxygen atoms in total. The highest BCUT2D eigenvalue weighted by Gasteiger charge is 2.40. The van der Waals surface area contributed by atoms with Gasteiger partial charge in [-0.25, -0.2) is 4.98 Å². The summed E-state index contributed by atoms with van der Waals surface area (Å²) in [6, 6.07) is 5.68. The summed E-state index contributed by atoms with van der Waals surface area (Å²) in [6.45, 7) is 0. The Morgan fingerprint density at radius 2 is 1.57 bits per heavy atom. The van der Waals surface area contributed by atoms with Gasteiger partial charge < -0.3 is 4.42 Å². The first-order valence-electron chi connectivity index (χ1n) is 5.64. The second-order valence-corrected chi connectivity index (χ2v) is 4.33. The van der Waals surface area contributed by atoms with E-state index in [1.54, 1.807) is 0 Å². The lowest BCUT2D eigenvalue weighted by Crippen LogP contribution is -2.13. The SMILES string of the molecule is FC(F)(F)c1cc(C(F)(F)F)c2c(n1)oc1ccccc12. The summed E-state index contributed by atoms with van der Waals surface area (Å²) < 4.78 is 82.2. The largest absolute Gasteiger partial charge is 0.438 e. The molecule has 0 atom stereocenters. The Balaban J connectivity index is 2.48. The van der Waals surface area contributed by atoms with Gasteiger partial charge >= 0.3 is 12.4 Å². The molecule has 0 saturated carbocycles. The highest BCUT2D eigenvalue weighted by atomic mass is 19.4. The van der Waals surface area contributed by atoms with Gasteiger partial charge in [-0.2, -0.15) is 26.3 Å². The van der Waals surface area contributed by atoms with Gasteiger partial charge in [-0.15, -0.1) is 0 Å². The number of benzene rings is 1. The van der Waals surface area contributed by atoms with Crippen LogP contribution in [0.2, 0.25) is 0 Å². The topological polar surface area (TPSA) is 26.0 Å². The van der Waals surface area contributed by atoms with Crippen molar-refractivity contribution in [3.63, 3.8) is 0 Å². The van der Waals surface area contributed by atoms with Gasteiger partial charge in [-0.3, -0.25) is 0 Å². The lowest BCUT2D eigenvalue weighted by atomic mass is 10.1. The maximum absolute atomic E-state index is 13.1. The van der Waals surface area contributed by atoms with E-state index in [2.05, 4.69) is 4.98 Å². The van der Waals surface area contributed by atoms with Crippen molar-refractivity contribution >= 4 is 22.1 Å². The minimum Gasteiger partial charge on any atom is -0.438 e. The lowest BCUT2D eigenvalue weighted by Gasteiger charge is -2.11. The third-order valence-corrected chi connectivity index (χ3v) is 2.95. The summed E-state index contributed by atoms with van der Waals surface area (Å²) in [7, 11) is 0. The fraction of sp³-hybridized carbons (Fsp3) is 0.154. The molecule has 0 aliphatic rings. The molecular formula is C13H5F6NO. The van der Waals surface area contributed by atoms with Gasteiger partial charge in [0, 0.05) is 5.39 Å². The molecule has 0 radical (unpaired) electrons. The van der Waals surface area contributed by atoms with Crippen molar-refractivity contribution in [2.75, 3.05) is 0 Å². The molecule has 0 aliphatic carbocycles. The van der Waals surface area contributed by atoms with Crippen molar-refractivity contribution in [3.05, 3.63) is 41.6 Å². The van der Waals surface area contributed by atoms with Crippen LogP contribution < -0.4 is 0 Å². The van der Waals surface area contributed by atoms with Crippen molar-refractivity contribution in [2.24, 2.45) is 0 Å². The summed E-state index contributed by atoms with van der Waals surface area (Å²) in [6.07, 6.45) is -9.94. The van der Waals surface area contributed by atoms with Gasteiger partial charge in [0.1, 0.15) is 11.3 Å². The molecule has 2 heterocycles. The third kappa shape index (κ3) is 2.20. The van der Waals surface area contributed by atoms with Crippen LogP contribution in [-0.2, 0) is 12.4 Å². The fourth-order valence-corrected chi connectivity index (χ4v) is 2.09. The lowest BCUT2D eigenvalue weighted by molar-refractivity contribution is -0.144. The number of rotatable bonds is 0. The number of hydrogen-bond acceptors (Lipinski definition) is 2. The summed E-state index contributed by atoms with van der Waals surface area (Å²) in [5.41, 5.74) is -3.69. The second kappa shape index (κ2) is 4.12. The van der Waals surface area contributed by atoms with E-state index < -0.39 is 34.7 Å². The Kier molecular flexibility index (Phi) is 2.69. The van der Waals surface area contributed by atoms with Crippen LogP contribution in [0.25, 0.3) is 22.1 Å². The van der Waals surface area contributed by atoms with E-state index >= 15 is 0 Å². The standard InChI is InChI=1S/C13H5F6NO/c14-12(15,16)7-5-9(13(17,18)19)20-11-10(7)6-3-1-2-4-8(6)21-11/h1-5H. The van der Waals surface area contributed by atoms with Crippen molar-refractivity contribution < 1.29 is 30.8 Å². The molecule has 0 fully saturated rings. The van der Waals surface area contributed by atoms with Gasteiger partial charge in [-0.1, -0.05) is 18.2 Å². The maximum Gasteiger partial charge on any atom is 0.433 e. The van der Waals surface area contributed by atoms with Crippen LogP contribution in [0.15, 0.2) is 34.7 Å². The molecule has 8 heteroatoms. The summed E-state index contributed by atoms with van der Waals surface area (Å²) in [4.78, 5) is 3.17. The summed E-state index contributed by atoms with van der Waals surface area (Å²) in [5.74, 6) is 0. The Labute approximate surface area is 113 Å². The van der Waals surface area contributed by atoms with Crippen molar-refractivity contribution in [1.82, 2.24) is 4.98 Å². The van der Waals surface area contributed by atoms with Crippen LogP contribution in [0.1, 0.15) is 11.3 Å². The van der Waals surface area contributed by atoms with Gasteiger partial charge in [0.25, 0.3) is 0 Å². The van der Waals surface area contributed by atoms with Gasteiger partial charge in [-0.05, 0) is 12.1 Å². The van der Waals surface area contributed by atoms with Crippen LogP contribution in [0.3, 0.4) is 0 Å². The number of fused-ring (bicyclic) bond motifs is 3. The molecule has 3 aromatic rings. The zero-order valence-corrected chi connectivity index (χ0v) is 10.0. The van der Waals surface area contributed by atoms with Crippen LogP contribution in [0, 0.1) is 0 Å². The number of hydrogen-bond donors (Lipinski definition) is 0. The van der Waals surface area contributed by atoms with Gasteiger partial charge in [0.2, 0.25) is 5.71 Å². The fourth-order valence-electron chi connectivity index (χ4n) is 2.09. The number of furan rings is 1. The Morgan fingerprint density at radius 3 is 2.19 bits per heavy atom. The maximum atomic E-state index is 13.1. The molecule has 2 aromatic heterocycles. The second-order valence-electron chi connectivity index (χ2n) is 4.33. The minimum atomic E-state index is -4.99. The third-order valence-electron chi connectivity index (χ3n) is 2.95. The Hall–Kier alpha value is -2.25. The Bertz CT molecular complexity index is 830. The van der Waals surface area contributed by atoms with Crippen LogP contribution in [-0.4, -0.2) is 4.98 Å². The van der Waals surface area contributed by atoms with Crippen LogP contribution in [0.5, 0.6) is 0 Å². The van der Waals surface area contributed by atoms with Crippen molar-refractivity contribution in [2.45, 2.75) is 12.4 Å². The molecule has 0 amide bonds. The Morgan fingerprint density at radius 1 is 0.905 bits per heavy atom. The smallest absolute Gasteiger partial charge is 0.433 e. The predicted octanol–water partition coefficient (Wildman–Crippen LogP) is 5.02. The van der Waals surface area contributed by atoms with E-state index in [0.29, 0.717) is 0 Å². The molecule has 0 N–H and O–H groups in total. The molecule has 0 unspecified atom stereocenters. The monoisotopic (exact) mass is 305 g/mol. The van der Waals surface area contributed by atoms with E-state index in [9.17, 15) is 26.3 Å². The average Bonchev–Trinajstić information content (AvgIpc) is 2.73. The summed E-state index contributed by atoms with van der Waals surface area (Å²) in [5, 5.41) is -0.396. The molecule has 3 rings (SSSR count). The van der Waals surface area contributed by atoms with E-state index in [-0.39, 0.29) is 17.0 Å². The molecule has 110 valence electrons. The normalized spacial score (nSPS) is 13.2. The highest BCUT2D eigenvalue weighted by molar-refractivity contribution is 6.05. The molecule has 0 spiro atoms. The van der Waals surface area contributed by atoms with Crippen LogP contribution >= 0.6 is 0 Å². The van der Waals surface area contributed by atoms with Crippen molar-refractivity contribution in [1.29, 1.82) is 0 Å². The molecule has 0 saturated heterocycles. The predicted molar refractivity (Wildman–Crippen MR) is 61.5 cm³/mol. The first kappa shape index (κ1) is 13.7. The molecular weight excluding hydrogens is 300 g/mol. The number of para-hydroxylation sites is 1. The number of aromatic nitrogens is 1. The summed E-state index contributed by atoms with van der Waals surface area (Å²) >= 11 is 0. The number of nitrogens with zero attached hydrogens (tertiary/aromatic N) is 1. The van der Waals surface area contributed by atoms with Gasteiger partial charge in [0.15, 0.2) is 0 Å². The van der Waals surface area contributed by atoms with E-state index in [1.165, 1.54) is 24.3 Å². The zero-order chi connectivity index (χ0) is 15.4. The average molecular weight is 305 g/mol. The van der Waals surface area contributed by atoms with E-state index in [4.69, 9.17) is 4.42 Å². The van der Waals surface area contributed by atoms with Crippen LogP contribution in [0.4, 0.5) is 26.3 Å². The highest BCUT2D eigenvalue weighted by Crippen LogP contribution is 2.41. The quantitative estimate of drug-likeness (QED) is 0.545. The zero-order valence-electron chi connectivity index (χ0n) is 10.0. The molecule has 21 heavy (non-hydrogen) atoms. The number of halogens is 6. The molecule has 0 aliphatic heterocycles. The minimum absolute atomic E-state index is 0.00426. The number of alkyl halides is 6. The molecule has 0 bridgehead atoms. The first-order valence-corrected chi connectivity index (χ1v) is 5.64. The number of pyridine rings is 1. The van der Waals surface area contributed by atoms with Gasteiger partial charge in [0.05, 0.1) is 10.9 Å². The van der Waals surface area contributed by atoms with E-state index in [0.717, 1.165) is 0 Å². The van der Waals surface area contributed by atoms with E-state index in [1.807, 2.05) is 0 Å². The first-order chi connectivity index (χ1) is 9.68.